The molecule has 0 heterocycles. The molecule has 0 radical (unpaired) electrons. The lowest BCUT2D eigenvalue weighted by molar-refractivity contribution is 0.611. The zero-order valence-electron chi connectivity index (χ0n) is 6.88. The van der Waals surface area contributed by atoms with Crippen LogP contribution in [0, 0.1) is 12.7 Å². The summed E-state index contributed by atoms with van der Waals surface area (Å²) in [5.74, 6) is -0.539. The van der Waals surface area contributed by atoms with Crippen molar-refractivity contribution in [3.05, 3.63) is 33.5 Å². The maximum absolute atomic E-state index is 13.0. The van der Waals surface area contributed by atoms with Gasteiger partial charge in [0.05, 0.1) is 10.2 Å². The monoisotopic (exact) mass is 266 g/mol. The van der Waals surface area contributed by atoms with E-state index < -0.39 is 16.5 Å². The molecular weight excluding hydrogens is 259 g/mol. The van der Waals surface area contributed by atoms with Crippen LogP contribution in [0.2, 0.25) is 0 Å². The smallest absolute Gasteiger partial charge is 0.144 e. The Hall–Kier alpha value is -0.420. The molecule has 1 aromatic rings. The van der Waals surface area contributed by atoms with Gasteiger partial charge in [-0.05, 0) is 46.1 Å². The van der Waals surface area contributed by atoms with E-state index in [1.165, 1.54) is 6.07 Å². The summed E-state index contributed by atoms with van der Waals surface area (Å²) in [6.45, 7) is 1.75. The molecule has 1 aromatic carbocycles. The van der Waals surface area contributed by atoms with E-state index in [0.29, 0.717) is 10.0 Å². The van der Waals surface area contributed by atoms with Gasteiger partial charge in [-0.3, -0.25) is 0 Å². The molecule has 0 atom stereocenters. The molecule has 5 heteroatoms. The number of halogens is 2. The zero-order valence-corrected chi connectivity index (χ0v) is 9.36. The summed E-state index contributed by atoms with van der Waals surface area (Å²) in [6.07, 6.45) is 0. The first-order chi connectivity index (χ1) is 6.00. The van der Waals surface area contributed by atoms with Gasteiger partial charge >= 0.3 is 0 Å². The van der Waals surface area contributed by atoms with Crippen molar-refractivity contribution in [1.29, 1.82) is 0 Å². The Labute approximate surface area is 85.9 Å². The van der Waals surface area contributed by atoms with Gasteiger partial charge in [0.15, 0.2) is 0 Å². The van der Waals surface area contributed by atoms with Crippen LogP contribution in [0.15, 0.2) is 16.6 Å². The van der Waals surface area contributed by atoms with Gasteiger partial charge in [0.1, 0.15) is 16.5 Å². The van der Waals surface area contributed by atoms with E-state index in [-0.39, 0.29) is 5.75 Å². The third-order valence-electron chi connectivity index (χ3n) is 1.68. The maximum atomic E-state index is 13.0. The molecule has 13 heavy (non-hydrogen) atoms. The minimum atomic E-state index is -2.50. The fourth-order valence-corrected chi connectivity index (χ4v) is 2.07. The standard InChI is InChI=1S/C8H8BrFO2S/c1-5-2-7(9)8(10)3-6(5)4-13(11)12/h2-3,13H,4H2,1H3. The number of hydrogen-bond acceptors (Lipinski definition) is 2. The van der Waals surface area contributed by atoms with Gasteiger partial charge in [-0.15, -0.1) is 0 Å². The summed E-state index contributed by atoms with van der Waals surface area (Å²) in [5.41, 5.74) is 1.28. The van der Waals surface area contributed by atoms with E-state index in [1.54, 1.807) is 13.0 Å². The maximum Gasteiger partial charge on any atom is 0.144 e. The van der Waals surface area contributed by atoms with E-state index >= 15 is 0 Å². The van der Waals surface area contributed by atoms with E-state index in [9.17, 15) is 12.8 Å². The Bertz CT molecular complexity index is 393. The van der Waals surface area contributed by atoms with Crippen LogP contribution in [0.3, 0.4) is 0 Å². The fourth-order valence-electron chi connectivity index (χ4n) is 0.997. The molecular formula is C8H8BrFO2S. The molecule has 0 spiro atoms. The highest BCUT2D eigenvalue weighted by Crippen LogP contribution is 2.20. The molecule has 72 valence electrons. The molecule has 0 aliphatic carbocycles. The first kappa shape index (κ1) is 10.7. The Morgan fingerprint density at radius 3 is 2.62 bits per heavy atom. The van der Waals surface area contributed by atoms with E-state index in [0.717, 1.165) is 5.56 Å². The summed E-state index contributed by atoms with van der Waals surface area (Å²) in [7, 11) is -2.50. The number of rotatable bonds is 2. The normalized spacial score (nSPS) is 10.8. The van der Waals surface area contributed by atoms with Crippen molar-refractivity contribution in [2.24, 2.45) is 0 Å². The number of hydrogen-bond donors (Lipinski definition) is 1. The summed E-state index contributed by atoms with van der Waals surface area (Å²) in [4.78, 5) is 0. The molecule has 0 amide bonds. The van der Waals surface area contributed by atoms with Crippen LogP contribution in [0.5, 0.6) is 0 Å². The van der Waals surface area contributed by atoms with Crippen molar-refractivity contribution >= 4 is 26.6 Å². The average Bonchev–Trinajstić information content (AvgIpc) is 1.99. The molecule has 0 bridgehead atoms. The average molecular weight is 267 g/mol. The van der Waals surface area contributed by atoms with Crippen LogP contribution in [-0.4, -0.2) is 8.42 Å². The molecule has 0 aliphatic rings. The highest BCUT2D eigenvalue weighted by atomic mass is 79.9. The number of aryl methyl sites for hydroxylation is 1. The molecule has 0 aliphatic heterocycles. The van der Waals surface area contributed by atoms with Gasteiger partial charge in [-0.25, -0.2) is 12.8 Å². The fraction of sp³-hybridized carbons (Fsp3) is 0.250. The SMILES string of the molecule is Cc1cc(Br)c(F)cc1C[SH](=O)=O. The minimum absolute atomic E-state index is 0.106. The summed E-state index contributed by atoms with van der Waals surface area (Å²) in [5, 5.41) is 0. The van der Waals surface area contributed by atoms with Crippen LogP contribution < -0.4 is 0 Å². The van der Waals surface area contributed by atoms with Crippen molar-refractivity contribution in [1.82, 2.24) is 0 Å². The predicted molar refractivity (Wildman–Crippen MR) is 52.9 cm³/mol. The zero-order chi connectivity index (χ0) is 10.0. The van der Waals surface area contributed by atoms with Crippen LogP contribution in [0.1, 0.15) is 11.1 Å². The number of thiol groups is 1. The van der Waals surface area contributed by atoms with Gasteiger partial charge in [-0.2, -0.15) is 0 Å². The Morgan fingerprint density at radius 1 is 1.46 bits per heavy atom. The second-order valence-electron chi connectivity index (χ2n) is 2.68. The molecule has 0 fully saturated rings. The highest BCUT2D eigenvalue weighted by molar-refractivity contribution is 9.10. The van der Waals surface area contributed by atoms with Gasteiger partial charge in [0, 0.05) is 0 Å². The molecule has 0 unspecified atom stereocenters. The Kier molecular flexibility index (Phi) is 3.44. The van der Waals surface area contributed by atoms with Gasteiger partial charge in [-0.1, -0.05) is 0 Å². The minimum Gasteiger partial charge on any atom is -0.232 e. The van der Waals surface area contributed by atoms with Crippen LogP contribution in [0.25, 0.3) is 0 Å². The van der Waals surface area contributed by atoms with Crippen molar-refractivity contribution in [2.75, 3.05) is 0 Å². The van der Waals surface area contributed by atoms with Crippen molar-refractivity contribution < 1.29 is 12.8 Å². The highest BCUT2D eigenvalue weighted by Gasteiger charge is 2.05. The topological polar surface area (TPSA) is 34.1 Å². The quantitative estimate of drug-likeness (QED) is 0.832. The third kappa shape index (κ3) is 2.77. The largest absolute Gasteiger partial charge is 0.232 e. The molecule has 1 rings (SSSR count). The number of benzene rings is 1. The summed E-state index contributed by atoms with van der Waals surface area (Å²) < 4.78 is 34.2. The van der Waals surface area contributed by atoms with Crippen molar-refractivity contribution in [2.45, 2.75) is 12.7 Å². The van der Waals surface area contributed by atoms with E-state index in [2.05, 4.69) is 15.9 Å². The second kappa shape index (κ2) is 4.19. The molecule has 0 saturated heterocycles. The molecule has 0 N–H and O–H groups in total. The van der Waals surface area contributed by atoms with E-state index in [4.69, 9.17) is 0 Å². The lowest BCUT2D eigenvalue weighted by atomic mass is 10.1. The summed E-state index contributed by atoms with van der Waals surface area (Å²) in [6, 6.07) is 2.81. The van der Waals surface area contributed by atoms with Gasteiger partial charge in [0.25, 0.3) is 0 Å². The Morgan fingerprint density at radius 2 is 2.08 bits per heavy atom. The first-order valence-electron chi connectivity index (χ1n) is 3.57. The second-order valence-corrected chi connectivity index (χ2v) is 4.52. The molecule has 0 aromatic heterocycles. The van der Waals surface area contributed by atoms with E-state index in [1.807, 2.05) is 0 Å². The van der Waals surface area contributed by atoms with Crippen LogP contribution in [0.4, 0.5) is 4.39 Å². The lowest BCUT2D eigenvalue weighted by Gasteiger charge is -2.03. The van der Waals surface area contributed by atoms with Crippen molar-refractivity contribution in [3.63, 3.8) is 0 Å². The predicted octanol–water partition coefficient (Wildman–Crippen LogP) is 2.01. The Balaban J connectivity index is 3.15. The lowest BCUT2D eigenvalue weighted by Crippen LogP contribution is -1.93. The molecule has 0 saturated carbocycles. The van der Waals surface area contributed by atoms with Gasteiger partial charge < -0.3 is 0 Å². The van der Waals surface area contributed by atoms with Crippen molar-refractivity contribution in [3.8, 4) is 0 Å². The van der Waals surface area contributed by atoms with Crippen LogP contribution >= 0.6 is 15.9 Å². The third-order valence-corrected chi connectivity index (χ3v) is 2.88. The van der Waals surface area contributed by atoms with Crippen LogP contribution in [-0.2, 0) is 16.5 Å². The van der Waals surface area contributed by atoms with Gasteiger partial charge in [0.2, 0.25) is 0 Å². The molecule has 2 nitrogen and oxygen atoms in total. The summed E-state index contributed by atoms with van der Waals surface area (Å²) >= 11 is 3.02. The first-order valence-corrected chi connectivity index (χ1v) is 5.72.